The molecule has 3 nitrogen and oxygen atoms in total. The highest BCUT2D eigenvalue weighted by Crippen LogP contribution is 2.46. The van der Waals surface area contributed by atoms with Gasteiger partial charge < -0.3 is 14.2 Å². The first kappa shape index (κ1) is 27.9. The van der Waals surface area contributed by atoms with Crippen molar-refractivity contribution < 1.29 is 14.2 Å². The molecule has 2 atom stereocenters. The van der Waals surface area contributed by atoms with Crippen LogP contribution in [-0.4, -0.2) is 13.2 Å². The first-order valence-electron chi connectivity index (χ1n) is 15.4. The van der Waals surface area contributed by atoms with Crippen molar-refractivity contribution in [3.8, 4) is 23.0 Å². The summed E-state index contributed by atoms with van der Waals surface area (Å²) in [6, 6.07) is 8.88. The first-order valence-corrected chi connectivity index (χ1v) is 15.4. The van der Waals surface area contributed by atoms with Crippen LogP contribution in [0, 0.1) is 0 Å². The predicted molar refractivity (Wildman–Crippen MR) is 155 cm³/mol. The second-order valence-electron chi connectivity index (χ2n) is 11.4. The van der Waals surface area contributed by atoms with Crippen molar-refractivity contribution >= 4 is 0 Å². The van der Waals surface area contributed by atoms with Crippen LogP contribution >= 0.6 is 0 Å². The summed E-state index contributed by atoms with van der Waals surface area (Å²) in [5.74, 6) is 5.11. The Morgan fingerprint density at radius 2 is 1.05 bits per heavy atom. The average molecular weight is 507 g/mol. The van der Waals surface area contributed by atoms with Crippen molar-refractivity contribution in [1.82, 2.24) is 0 Å². The third-order valence-electron chi connectivity index (χ3n) is 8.46. The van der Waals surface area contributed by atoms with E-state index in [0.717, 1.165) is 49.1 Å². The van der Waals surface area contributed by atoms with Gasteiger partial charge in [-0.15, -0.1) is 0 Å². The highest BCUT2D eigenvalue weighted by Gasteiger charge is 2.27. The van der Waals surface area contributed by atoms with Crippen molar-refractivity contribution in [1.29, 1.82) is 0 Å². The SMILES string of the molecule is CCCCCCCC(C)c1ccc(Oc2ccc(C(C)CCCCCCC)c3c2CCO3)c2c1OCC2. The number of benzene rings is 2. The molecule has 204 valence electrons. The van der Waals surface area contributed by atoms with Crippen LogP contribution < -0.4 is 14.2 Å². The molecule has 0 saturated heterocycles. The van der Waals surface area contributed by atoms with Gasteiger partial charge in [0.15, 0.2) is 0 Å². The van der Waals surface area contributed by atoms with Gasteiger partial charge in [0.05, 0.1) is 13.2 Å². The maximum Gasteiger partial charge on any atom is 0.134 e. The van der Waals surface area contributed by atoms with E-state index >= 15 is 0 Å². The van der Waals surface area contributed by atoms with Crippen molar-refractivity contribution in [2.75, 3.05) is 13.2 Å². The fourth-order valence-corrected chi connectivity index (χ4v) is 6.09. The van der Waals surface area contributed by atoms with Crippen molar-refractivity contribution in [3.63, 3.8) is 0 Å². The van der Waals surface area contributed by atoms with Gasteiger partial charge in [0.1, 0.15) is 23.0 Å². The zero-order valence-electron chi connectivity index (χ0n) is 24.0. The van der Waals surface area contributed by atoms with Crippen LogP contribution in [0.1, 0.15) is 139 Å². The minimum Gasteiger partial charge on any atom is -0.493 e. The zero-order chi connectivity index (χ0) is 26.0. The summed E-state index contributed by atoms with van der Waals surface area (Å²) in [6.07, 6.45) is 17.6. The second kappa shape index (κ2) is 14.1. The third kappa shape index (κ3) is 7.03. The molecule has 0 saturated carbocycles. The van der Waals surface area contributed by atoms with Crippen molar-refractivity contribution in [2.45, 2.75) is 129 Å². The standard InChI is InChI=1S/C34H50O3/c1-5-7-9-11-13-15-25(3)27-17-19-31(29-21-23-35-33(27)29)37-32-20-18-28(34-30(32)22-24-36-34)26(4)16-14-12-10-8-6-2/h17-20,25-26H,5-16,21-24H2,1-4H3. The Labute approximate surface area is 226 Å². The predicted octanol–water partition coefficient (Wildman–Crippen LogP) is 10.3. The Balaban J connectivity index is 1.44. The van der Waals surface area contributed by atoms with Gasteiger partial charge in [-0.25, -0.2) is 0 Å². The van der Waals surface area contributed by atoms with Crippen LogP contribution in [0.15, 0.2) is 24.3 Å². The molecule has 0 radical (unpaired) electrons. The quantitative estimate of drug-likeness (QED) is 0.212. The van der Waals surface area contributed by atoms with E-state index in [1.165, 1.54) is 99.3 Å². The average Bonchev–Trinajstić information content (AvgIpc) is 3.59. The minimum atomic E-state index is 0.517. The van der Waals surface area contributed by atoms with Crippen molar-refractivity contribution in [2.24, 2.45) is 0 Å². The second-order valence-corrected chi connectivity index (χ2v) is 11.4. The molecule has 2 aliphatic heterocycles. The van der Waals surface area contributed by atoms with Gasteiger partial charge in [-0.2, -0.15) is 0 Å². The van der Waals surface area contributed by atoms with Gasteiger partial charge in [0.2, 0.25) is 0 Å². The Kier molecular flexibility index (Phi) is 10.6. The van der Waals surface area contributed by atoms with Crippen LogP contribution in [0.25, 0.3) is 0 Å². The largest absolute Gasteiger partial charge is 0.493 e. The van der Waals surface area contributed by atoms with E-state index in [0.29, 0.717) is 11.8 Å². The lowest BCUT2D eigenvalue weighted by atomic mass is 9.91. The summed E-state index contributed by atoms with van der Waals surface area (Å²) in [5.41, 5.74) is 5.19. The fraction of sp³-hybridized carbons (Fsp3) is 0.647. The number of fused-ring (bicyclic) bond motifs is 2. The van der Waals surface area contributed by atoms with Crippen molar-refractivity contribution in [3.05, 3.63) is 46.5 Å². The molecule has 4 rings (SSSR count). The Morgan fingerprint density at radius 1 is 0.622 bits per heavy atom. The highest BCUT2D eigenvalue weighted by molar-refractivity contribution is 5.58. The number of hydrogen-bond acceptors (Lipinski definition) is 3. The van der Waals surface area contributed by atoms with Gasteiger partial charge >= 0.3 is 0 Å². The van der Waals surface area contributed by atoms with E-state index in [1.54, 1.807) is 0 Å². The summed E-state index contributed by atoms with van der Waals surface area (Å²) >= 11 is 0. The molecule has 0 aromatic heterocycles. The smallest absolute Gasteiger partial charge is 0.134 e. The summed E-state index contributed by atoms with van der Waals surface area (Å²) in [7, 11) is 0. The van der Waals surface area contributed by atoms with Gasteiger partial charge in [-0.3, -0.25) is 0 Å². The van der Waals surface area contributed by atoms with Crippen LogP contribution in [0.3, 0.4) is 0 Å². The molecule has 2 aromatic rings. The molecule has 2 heterocycles. The van der Waals surface area contributed by atoms with Crippen LogP contribution in [0.2, 0.25) is 0 Å². The molecule has 0 spiro atoms. The van der Waals surface area contributed by atoms with Gasteiger partial charge in [-0.05, 0) is 47.9 Å². The Bertz CT molecular complexity index is 916. The molecular weight excluding hydrogens is 456 g/mol. The van der Waals surface area contributed by atoms with E-state index in [2.05, 4.69) is 52.0 Å². The topological polar surface area (TPSA) is 27.7 Å². The number of rotatable bonds is 16. The lowest BCUT2D eigenvalue weighted by Crippen LogP contribution is -2.00. The van der Waals surface area contributed by atoms with Gasteiger partial charge in [0, 0.05) is 24.0 Å². The first-order chi connectivity index (χ1) is 18.1. The normalized spacial score (nSPS) is 15.6. The molecule has 0 aliphatic carbocycles. The third-order valence-corrected chi connectivity index (χ3v) is 8.46. The highest BCUT2D eigenvalue weighted by atomic mass is 16.5. The maximum absolute atomic E-state index is 6.62. The van der Waals surface area contributed by atoms with Crippen LogP contribution in [0.4, 0.5) is 0 Å². The number of unbranched alkanes of at least 4 members (excludes halogenated alkanes) is 8. The molecule has 0 amide bonds. The maximum atomic E-state index is 6.62. The molecule has 0 bridgehead atoms. The summed E-state index contributed by atoms with van der Waals surface area (Å²) in [5, 5.41) is 0. The monoisotopic (exact) mass is 506 g/mol. The molecule has 37 heavy (non-hydrogen) atoms. The molecule has 2 unspecified atom stereocenters. The molecule has 3 heteroatoms. The number of ether oxygens (including phenoxy) is 3. The van der Waals surface area contributed by atoms with E-state index in [1.807, 2.05) is 0 Å². The fourth-order valence-electron chi connectivity index (χ4n) is 6.09. The van der Waals surface area contributed by atoms with Gasteiger partial charge in [0.25, 0.3) is 0 Å². The summed E-state index contributed by atoms with van der Waals surface area (Å²) in [4.78, 5) is 0. The minimum absolute atomic E-state index is 0.517. The van der Waals surface area contributed by atoms with E-state index in [9.17, 15) is 0 Å². The molecular formula is C34H50O3. The molecule has 0 fully saturated rings. The number of hydrogen-bond donors (Lipinski definition) is 0. The van der Waals surface area contributed by atoms with Crippen LogP contribution in [-0.2, 0) is 12.8 Å². The Hall–Kier alpha value is -2.16. The summed E-state index contributed by atoms with van der Waals surface area (Å²) < 4.78 is 19.0. The van der Waals surface area contributed by atoms with E-state index < -0.39 is 0 Å². The summed E-state index contributed by atoms with van der Waals surface area (Å²) in [6.45, 7) is 10.8. The molecule has 2 aliphatic rings. The Morgan fingerprint density at radius 3 is 1.49 bits per heavy atom. The van der Waals surface area contributed by atoms with E-state index in [-0.39, 0.29) is 0 Å². The van der Waals surface area contributed by atoms with Gasteiger partial charge in [-0.1, -0.05) is 104 Å². The van der Waals surface area contributed by atoms with E-state index in [4.69, 9.17) is 14.2 Å². The lowest BCUT2D eigenvalue weighted by molar-refractivity contribution is 0.350. The molecule has 2 aromatic carbocycles. The lowest BCUT2D eigenvalue weighted by Gasteiger charge is -2.20. The van der Waals surface area contributed by atoms with Crippen LogP contribution in [0.5, 0.6) is 23.0 Å². The zero-order valence-corrected chi connectivity index (χ0v) is 24.0. The molecule has 0 N–H and O–H groups in total.